The lowest BCUT2D eigenvalue weighted by atomic mass is 9.98. The summed E-state index contributed by atoms with van der Waals surface area (Å²) in [6.07, 6.45) is 9.42. The van der Waals surface area contributed by atoms with Crippen LogP contribution in [0.1, 0.15) is 51.4 Å². The first-order valence-electron chi connectivity index (χ1n) is 7.37. The van der Waals surface area contributed by atoms with Gasteiger partial charge in [0.15, 0.2) is 0 Å². The molecule has 2 aliphatic rings. The molecule has 1 atom stereocenters. The first kappa shape index (κ1) is 13.8. The van der Waals surface area contributed by atoms with Crippen molar-refractivity contribution in [3.05, 3.63) is 0 Å². The van der Waals surface area contributed by atoms with E-state index in [1.807, 2.05) is 0 Å². The fraction of sp³-hybridized carbons (Fsp3) is 0.929. The monoisotopic (exact) mass is 255 g/mol. The Labute approximate surface area is 109 Å². The fourth-order valence-corrected chi connectivity index (χ4v) is 2.66. The van der Waals surface area contributed by atoms with E-state index in [0.717, 1.165) is 32.5 Å². The quantitative estimate of drug-likeness (QED) is 0.739. The number of nitrogens with one attached hydrogen (secondary N) is 1. The molecule has 1 N–H and O–H groups in total. The van der Waals surface area contributed by atoms with Gasteiger partial charge in [-0.25, -0.2) is 0 Å². The van der Waals surface area contributed by atoms with Gasteiger partial charge in [-0.05, 0) is 32.1 Å². The second-order valence-corrected chi connectivity index (χ2v) is 5.28. The summed E-state index contributed by atoms with van der Waals surface area (Å²) in [4.78, 5) is 11.6. The Morgan fingerprint density at radius 3 is 2.72 bits per heavy atom. The Bertz CT molecular complexity index is 245. The number of hydrogen-bond donors (Lipinski definition) is 1. The van der Waals surface area contributed by atoms with E-state index in [0.29, 0.717) is 12.6 Å². The molecule has 18 heavy (non-hydrogen) atoms. The standard InChI is InChI=1S/C14H25NO3/c16-14(13-8-4-10-18-13)15-9-5-11-17-12-6-2-1-3-7-12/h12-13H,1-11H2,(H,15,16). The third kappa shape index (κ3) is 4.58. The van der Waals surface area contributed by atoms with Gasteiger partial charge in [0.1, 0.15) is 6.10 Å². The predicted molar refractivity (Wildman–Crippen MR) is 69.4 cm³/mol. The van der Waals surface area contributed by atoms with Crippen LogP contribution in [0.2, 0.25) is 0 Å². The average Bonchev–Trinajstić information content (AvgIpc) is 2.93. The molecule has 104 valence electrons. The minimum absolute atomic E-state index is 0.0465. The number of hydrogen-bond acceptors (Lipinski definition) is 3. The van der Waals surface area contributed by atoms with Crippen LogP contribution >= 0.6 is 0 Å². The summed E-state index contributed by atoms with van der Waals surface area (Å²) in [7, 11) is 0. The smallest absolute Gasteiger partial charge is 0.249 e. The maximum atomic E-state index is 11.6. The molecule has 1 heterocycles. The molecule has 0 aromatic rings. The van der Waals surface area contributed by atoms with Crippen molar-refractivity contribution in [3.63, 3.8) is 0 Å². The van der Waals surface area contributed by atoms with E-state index in [-0.39, 0.29) is 12.0 Å². The highest BCUT2D eigenvalue weighted by Gasteiger charge is 2.22. The van der Waals surface area contributed by atoms with Gasteiger partial charge < -0.3 is 14.8 Å². The van der Waals surface area contributed by atoms with Crippen LogP contribution in [0.15, 0.2) is 0 Å². The highest BCUT2D eigenvalue weighted by atomic mass is 16.5. The number of rotatable bonds is 6. The van der Waals surface area contributed by atoms with Crippen molar-refractivity contribution in [2.45, 2.75) is 63.6 Å². The molecule has 0 radical (unpaired) electrons. The van der Waals surface area contributed by atoms with Gasteiger partial charge in [0.25, 0.3) is 0 Å². The van der Waals surface area contributed by atoms with Crippen LogP contribution < -0.4 is 5.32 Å². The van der Waals surface area contributed by atoms with E-state index in [4.69, 9.17) is 9.47 Å². The van der Waals surface area contributed by atoms with Crippen LogP contribution in [0.5, 0.6) is 0 Å². The molecule has 4 heteroatoms. The Balaban J connectivity index is 1.46. The van der Waals surface area contributed by atoms with Crippen molar-refractivity contribution >= 4 is 5.91 Å². The largest absolute Gasteiger partial charge is 0.378 e. The van der Waals surface area contributed by atoms with Gasteiger partial charge >= 0.3 is 0 Å². The Kier molecular flexibility index (Phi) is 5.94. The zero-order valence-electron chi connectivity index (χ0n) is 11.2. The number of ether oxygens (including phenoxy) is 2. The molecule has 0 aromatic carbocycles. The molecule has 1 saturated heterocycles. The molecule has 1 amide bonds. The van der Waals surface area contributed by atoms with E-state index < -0.39 is 0 Å². The van der Waals surface area contributed by atoms with Crippen LogP contribution in [0.3, 0.4) is 0 Å². The van der Waals surface area contributed by atoms with E-state index in [1.54, 1.807) is 0 Å². The SMILES string of the molecule is O=C(NCCCOC1CCCCC1)C1CCCO1. The molecule has 1 aliphatic carbocycles. The Morgan fingerprint density at radius 2 is 2.00 bits per heavy atom. The second-order valence-electron chi connectivity index (χ2n) is 5.28. The van der Waals surface area contributed by atoms with Crippen molar-refractivity contribution in [2.24, 2.45) is 0 Å². The van der Waals surface area contributed by atoms with Crippen LogP contribution in [0.25, 0.3) is 0 Å². The van der Waals surface area contributed by atoms with Gasteiger partial charge in [-0.15, -0.1) is 0 Å². The summed E-state index contributed by atoms with van der Waals surface area (Å²) in [6, 6.07) is 0. The van der Waals surface area contributed by atoms with E-state index in [9.17, 15) is 4.79 Å². The van der Waals surface area contributed by atoms with Gasteiger partial charge in [0.05, 0.1) is 6.10 Å². The molecule has 4 nitrogen and oxygen atoms in total. The molecular formula is C14H25NO3. The highest BCUT2D eigenvalue weighted by molar-refractivity contribution is 5.80. The summed E-state index contributed by atoms with van der Waals surface area (Å²) in [5.41, 5.74) is 0. The summed E-state index contributed by atoms with van der Waals surface area (Å²) in [5, 5.41) is 2.92. The fourth-order valence-electron chi connectivity index (χ4n) is 2.66. The maximum Gasteiger partial charge on any atom is 0.249 e. The molecule has 2 rings (SSSR count). The molecule has 0 spiro atoms. The zero-order valence-corrected chi connectivity index (χ0v) is 11.2. The van der Waals surface area contributed by atoms with Gasteiger partial charge in [0.2, 0.25) is 5.91 Å². The molecule has 2 fully saturated rings. The van der Waals surface area contributed by atoms with Gasteiger partial charge in [-0.3, -0.25) is 4.79 Å². The third-order valence-corrected chi connectivity index (χ3v) is 3.75. The lowest BCUT2D eigenvalue weighted by molar-refractivity contribution is -0.130. The summed E-state index contributed by atoms with van der Waals surface area (Å²) >= 11 is 0. The lowest BCUT2D eigenvalue weighted by Gasteiger charge is -2.22. The zero-order chi connectivity index (χ0) is 12.6. The first-order chi connectivity index (χ1) is 8.86. The predicted octanol–water partition coefficient (Wildman–Crippen LogP) is 2.02. The van der Waals surface area contributed by atoms with Crippen molar-refractivity contribution in [3.8, 4) is 0 Å². The van der Waals surface area contributed by atoms with Crippen LogP contribution in [-0.4, -0.2) is 37.9 Å². The second kappa shape index (κ2) is 7.74. The Hall–Kier alpha value is -0.610. The number of carbonyl (C=O) groups excluding carboxylic acids is 1. The minimum atomic E-state index is -0.204. The van der Waals surface area contributed by atoms with Gasteiger partial charge in [-0.2, -0.15) is 0 Å². The molecule has 1 unspecified atom stereocenters. The maximum absolute atomic E-state index is 11.6. The van der Waals surface area contributed by atoms with Crippen LogP contribution in [0.4, 0.5) is 0 Å². The number of carbonyl (C=O) groups is 1. The summed E-state index contributed by atoms with van der Waals surface area (Å²) < 4.78 is 11.1. The summed E-state index contributed by atoms with van der Waals surface area (Å²) in [5.74, 6) is 0.0465. The van der Waals surface area contributed by atoms with Gasteiger partial charge in [-0.1, -0.05) is 19.3 Å². The lowest BCUT2D eigenvalue weighted by Crippen LogP contribution is -2.35. The van der Waals surface area contributed by atoms with E-state index in [1.165, 1.54) is 32.1 Å². The molecule has 1 saturated carbocycles. The number of amides is 1. The van der Waals surface area contributed by atoms with Crippen LogP contribution in [-0.2, 0) is 14.3 Å². The first-order valence-corrected chi connectivity index (χ1v) is 7.37. The van der Waals surface area contributed by atoms with Crippen molar-refractivity contribution in [2.75, 3.05) is 19.8 Å². The Morgan fingerprint density at radius 1 is 1.17 bits per heavy atom. The molecule has 0 bridgehead atoms. The molecule has 1 aliphatic heterocycles. The van der Waals surface area contributed by atoms with E-state index in [2.05, 4.69) is 5.32 Å². The molecular weight excluding hydrogens is 230 g/mol. The molecule has 0 aromatic heterocycles. The minimum Gasteiger partial charge on any atom is -0.378 e. The van der Waals surface area contributed by atoms with E-state index >= 15 is 0 Å². The topological polar surface area (TPSA) is 47.6 Å². The van der Waals surface area contributed by atoms with Crippen LogP contribution in [0, 0.1) is 0 Å². The highest BCUT2D eigenvalue weighted by Crippen LogP contribution is 2.20. The summed E-state index contributed by atoms with van der Waals surface area (Å²) in [6.45, 7) is 2.19. The van der Waals surface area contributed by atoms with Gasteiger partial charge in [0, 0.05) is 19.8 Å². The third-order valence-electron chi connectivity index (χ3n) is 3.75. The van der Waals surface area contributed by atoms with Crippen molar-refractivity contribution < 1.29 is 14.3 Å². The van der Waals surface area contributed by atoms with Crippen molar-refractivity contribution in [1.29, 1.82) is 0 Å². The average molecular weight is 255 g/mol. The van der Waals surface area contributed by atoms with Crippen molar-refractivity contribution in [1.82, 2.24) is 5.32 Å². The normalized spacial score (nSPS) is 25.2.